The normalized spacial score (nSPS) is 17.0. The molecule has 0 aliphatic heterocycles. The number of Topliss-reactive ketones (excluding diaryl/α,β-unsaturated/α-hetero) is 1. The van der Waals surface area contributed by atoms with Gasteiger partial charge in [0.15, 0.2) is 5.78 Å². The molecule has 138 valence electrons. The molecule has 3 heteroatoms. The third kappa shape index (κ3) is 4.33. The molecular weight excluding hydrogens is 308 g/mol. The predicted molar refractivity (Wildman–Crippen MR) is 106 cm³/mol. The van der Waals surface area contributed by atoms with Gasteiger partial charge in [0.2, 0.25) is 0 Å². The van der Waals surface area contributed by atoms with Crippen LogP contribution < -0.4 is 10.6 Å². The Bertz CT molecular complexity index is 610. The zero-order valence-corrected chi connectivity index (χ0v) is 16.6. The minimum atomic E-state index is -0.134. The van der Waals surface area contributed by atoms with E-state index in [0.29, 0.717) is 0 Å². The first-order valence-electron chi connectivity index (χ1n) is 9.50. The molecule has 1 aliphatic rings. The van der Waals surface area contributed by atoms with Crippen LogP contribution in [0.25, 0.3) is 0 Å². The van der Waals surface area contributed by atoms with Crippen LogP contribution >= 0.6 is 0 Å². The van der Waals surface area contributed by atoms with Crippen molar-refractivity contribution in [1.29, 1.82) is 0 Å². The van der Waals surface area contributed by atoms with Crippen LogP contribution in [-0.4, -0.2) is 24.9 Å². The Hall–Kier alpha value is -1.61. The smallest absolute Gasteiger partial charge is 0.152 e. The van der Waals surface area contributed by atoms with Crippen molar-refractivity contribution in [2.75, 3.05) is 7.05 Å². The standard InChI is InChI=1S/C22H34N2O/c1-15(2)19(16(3)25)24-20(17-11-10-12-17)21(23-6)22(4,5)18-13-8-7-9-14-18/h7-9,13-15,19,21,23-24H,10-12H2,1-6H3. The fraction of sp³-hybridized carbons (Fsp3) is 0.591. The van der Waals surface area contributed by atoms with E-state index < -0.39 is 0 Å². The predicted octanol–water partition coefficient (Wildman–Crippen LogP) is 4.19. The molecule has 25 heavy (non-hydrogen) atoms. The minimum Gasteiger partial charge on any atom is -0.377 e. The summed E-state index contributed by atoms with van der Waals surface area (Å²) in [7, 11) is 2.02. The maximum atomic E-state index is 12.2. The summed E-state index contributed by atoms with van der Waals surface area (Å²) in [5.41, 5.74) is 3.92. The number of carbonyl (C=O) groups is 1. The molecule has 0 amide bonds. The number of rotatable bonds is 8. The molecule has 0 radical (unpaired) electrons. The van der Waals surface area contributed by atoms with Crippen LogP contribution in [0, 0.1) is 5.92 Å². The molecular formula is C22H34N2O. The summed E-state index contributed by atoms with van der Waals surface area (Å²) in [5, 5.41) is 7.19. The number of hydrogen-bond acceptors (Lipinski definition) is 3. The van der Waals surface area contributed by atoms with Crippen molar-refractivity contribution in [3.8, 4) is 0 Å². The van der Waals surface area contributed by atoms with E-state index in [4.69, 9.17) is 0 Å². The van der Waals surface area contributed by atoms with Crippen molar-refractivity contribution in [3.63, 3.8) is 0 Å². The number of benzene rings is 1. The number of allylic oxidation sites excluding steroid dienone is 1. The van der Waals surface area contributed by atoms with Crippen LogP contribution in [0.4, 0.5) is 0 Å². The molecule has 2 rings (SSSR count). The third-order valence-corrected chi connectivity index (χ3v) is 5.57. The van der Waals surface area contributed by atoms with Crippen LogP contribution in [0.3, 0.4) is 0 Å². The third-order valence-electron chi connectivity index (χ3n) is 5.57. The van der Waals surface area contributed by atoms with E-state index in [1.807, 2.05) is 7.05 Å². The van der Waals surface area contributed by atoms with Gasteiger partial charge in [0, 0.05) is 11.1 Å². The van der Waals surface area contributed by atoms with E-state index in [-0.39, 0.29) is 29.2 Å². The highest BCUT2D eigenvalue weighted by Crippen LogP contribution is 2.36. The molecule has 1 aromatic rings. The number of hydrogen-bond donors (Lipinski definition) is 2. The van der Waals surface area contributed by atoms with Gasteiger partial charge in [-0.3, -0.25) is 4.79 Å². The summed E-state index contributed by atoms with van der Waals surface area (Å²) >= 11 is 0. The lowest BCUT2D eigenvalue weighted by molar-refractivity contribution is -0.119. The number of ketones is 1. The fourth-order valence-electron chi connectivity index (χ4n) is 3.82. The van der Waals surface area contributed by atoms with Gasteiger partial charge in [-0.15, -0.1) is 0 Å². The topological polar surface area (TPSA) is 41.1 Å². The Balaban J connectivity index is 2.40. The molecule has 0 saturated heterocycles. The second kappa shape index (κ2) is 8.18. The highest BCUT2D eigenvalue weighted by atomic mass is 16.1. The van der Waals surface area contributed by atoms with Crippen molar-refractivity contribution in [2.24, 2.45) is 5.92 Å². The summed E-state index contributed by atoms with van der Waals surface area (Å²) < 4.78 is 0. The lowest BCUT2D eigenvalue weighted by Gasteiger charge is -2.41. The fourth-order valence-corrected chi connectivity index (χ4v) is 3.82. The molecule has 1 aromatic carbocycles. The van der Waals surface area contributed by atoms with Gasteiger partial charge in [0.05, 0.1) is 12.1 Å². The maximum absolute atomic E-state index is 12.2. The van der Waals surface area contributed by atoms with Crippen LogP contribution in [0.15, 0.2) is 41.6 Å². The van der Waals surface area contributed by atoms with Crippen molar-refractivity contribution in [3.05, 3.63) is 47.2 Å². The van der Waals surface area contributed by atoms with Gasteiger partial charge in [0.1, 0.15) is 0 Å². The largest absolute Gasteiger partial charge is 0.377 e. The monoisotopic (exact) mass is 342 g/mol. The molecule has 0 heterocycles. The average Bonchev–Trinajstić information content (AvgIpc) is 2.51. The van der Waals surface area contributed by atoms with E-state index in [2.05, 4.69) is 68.7 Å². The highest BCUT2D eigenvalue weighted by molar-refractivity contribution is 5.82. The molecule has 2 unspecified atom stereocenters. The molecule has 1 fully saturated rings. The Morgan fingerprint density at radius 3 is 2.12 bits per heavy atom. The molecule has 1 saturated carbocycles. The van der Waals surface area contributed by atoms with Crippen LogP contribution in [0.2, 0.25) is 0 Å². The molecule has 0 bridgehead atoms. The van der Waals surface area contributed by atoms with Gasteiger partial charge < -0.3 is 10.6 Å². The quantitative estimate of drug-likeness (QED) is 0.744. The van der Waals surface area contributed by atoms with Crippen molar-refractivity contribution < 1.29 is 4.79 Å². The van der Waals surface area contributed by atoms with Crippen molar-refractivity contribution in [1.82, 2.24) is 10.6 Å². The average molecular weight is 343 g/mol. The van der Waals surface area contributed by atoms with Crippen LogP contribution in [0.5, 0.6) is 0 Å². The van der Waals surface area contributed by atoms with Gasteiger partial charge in [-0.25, -0.2) is 0 Å². The van der Waals surface area contributed by atoms with Crippen molar-refractivity contribution >= 4 is 5.78 Å². The first-order chi connectivity index (χ1) is 11.8. The summed E-state index contributed by atoms with van der Waals surface area (Å²) in [6, 6.07) is 10.6. The maximum Gasteiger partial charge on any atom is 0.152 e. The molecule has 0 aromatic heterocycles. The lowest BCUT2D eigenvalue weighted by Crippen LogP contribution is -2.52. The molecule has 1 aliphatic carbocycles. The molecule has 2 N–H and O–H groups in total. The Morgan fingerprint density at radius 1 is 1.12 bits per heavy atom. The number of carbonyl (C=O) groups excluding carboxylic acids is 1. The molecule has 0 spiro atoms. The SMILES string of the molecule is CNC(C(NC(C(C)=O)C(C)C)=C1CCC1)C(C)(C)c1ccccc1. The zero-order valence-electron chi connectivity index (χ0n) is 16.6. The Morgan fingerprint density at radius 2 is 1.72 bits per heavy atom. The minimum absolute atomic E-state index is 0.0841. The Kier molecular flexibility index (Phi) is 6.45. The second-order valence-corrected chi connectivity index (χ2v) is 8.16. The Labute approximate surface area is 153 Å². The first kappa shape index (κ1) is 19.7. The second-order valence-electron chi connectivity index (χ2n) is 8.16. The van der Waals surface area contributed by atoms with Crippen LogP contribution in [0.1, 0.15) is 59.4 Å². The van der Waals surface area contributed by atoms with Crippen molar-refractivity contribution in [2.45, 2.75) is 71.4 Å². The van der Waals surface area contributed by atoms with Gasteiger partial charge in [-0.05, 0) is 50.3 Å². The van der Waals surface area contributed by atoms with E-state index >= 15 is 0 Å². The van der Waals surface area contributed by atoms with E-state index in [1.165, 1.54) is 23.3 Å². The van der Waals surface area contributed by atoms with E-state index in [9.17, 15) is 4.79 Å². The van der Waals surface area contributed by atoms with Gasteiger partial charge in [-0.2, -0.15) is 0 Å². The summed E-state index contributed by atoms with van der Waals surface area (Å²) in [5.74, 6) is 0.477. The molecule has 2 atom stereocenters. The number of likely N-dealkylation sites (N-methyl/N-ethyl adjacent to an activating group) is 1. The van der Waals surface area contributed by atoms with Gasteiger partial charge >= 0.3 is 0 Å². The molecule has 3 nitrogen and oxygen atoms in total. The number of nitrogens with one attached hydrogen (secondary N) is 2. The van der Waals surface area contributed by atoms with E-state index in [0.717, 1.165) is 12.8 Å². The van der Waals surface area contributed by atoms with E-state index in [1.54, 1.807) is 6.92 Å². The van der Waals surface area contributed by atoms with Gasteiger partial charge in [-0.1, -0.05) is 58.0 Å². The first-order valence-corrected chi connectivity index (χ1v) is 9.50. The zero-order chi connectivity index (χ0) is 18.6. The van der Waals surface area contributed by atoms with Crippen LogP contribution in [-0.2, 0) is 10.2 Å². The summed E-state index contributed by atoms with van der Waals surface area (Å²) in [6.45, 7) is 10.5. The van der Waals surface area contributed by atoms with Gasteiger partial charge in [0.25, 0.3) is 0 Å². The summed E-state index contributed by atoms with van der Waals surface area (Å²) in [6.07, 6.45) is 3.51. The lowest BCUT2D eigenvalue weighted by atomic mass is 9.73. The summed E-state index contributed by atoms with van der Waals surface area (Å²) in [4.78, 5) is 12.2. The highest BCUT2D eigenvalue weighted by Gasteiger charge is 2.36.